The van der Waals surface area contributed by atoms with Crippen LogP contribution in [0.3, 0.4) is 0 Å². The predicted molar refractivity (Wildman–Crippen MR) is 59.8 cm³/mol. The maximum absolute atomic E-state index is 2.27. The summed E-state index contributed by atoms with van der Waals surface area (Å²) < 4.78 is 0. The van der Waals surface area contributed by atoms with Gasteiger partial charge in [0.1, 0.15) is 0 Å². The zero-order chi connectivity index (χ0) is 7.97. The summed E-state index contributed by atoms with van der Waals surface area (Å²) in [5.41, 5.74) is 0. The van der Waals surface area contributed by atoms with Crippen molar-refractivity contribution in [1.82, 2.24) is 0 Å². The highest BCUT2D eigenvalue weighted by molar-refractivity contribution is 8.20. The topological polar surface area (TPSA) is 0 Å². The Kier molecular flexibility index (Phi) is 1.47. The predicted octanol–water partition coefficient (Wildman–Crippen LogP) is 2.38. The molecule has 0 amide bonds. The number of hydrogen-bond acceptors (Lipinski definition) is 0. The lowest BCUT2D eigenvalue weighted by molar-refractivity contribution is 1.83. The molecule has 0 N–H and O–H groups in total. The summed E-state index contributed by atoms with van der Waals surface area (Å²) >= 11 is 0. The molecule has 0 radical (unpaired) electrons. The SMILES string of the molecule is c1cc2c3c(cccc3c1)PP2. The minimum atomic E-state index is 1.02. The third-order valence-electron chi connectivity index (χ3n) is 2.24. The van der Waals surface area contributed by atoms with Crippen molar-refractivity contribution in [2.24, 2.45) is 0 Å². The highest BCUT2D eigenvalue weighted by atomic mass is 32.0. The van der Waals surface area contributed by atoms with Gasteiger partial charge in [-0.3, -0.25) is 0 Å². The lowest BCUT2D eigenvalue weighted by Gasteiger charge is -1.98. The lowest BCUT2D eigenvalue weighted by Crippen LogP contribution is -1.98. The van der Waals surface area contributed by atoms with E-state index in [0.717, 1.165) is 16.5 Å². The Morgan fingerprint density at radius 3 is 1.92 bits per heavy atom. The van der Waals surface area contributed by atoms with Gasteiger partial charge < -0.3 is 0 Å². The van der Waals surface area contributed by atoms with Gasteiger partial charge >= 0.3 is 0 Å². The van der Waals surface area contributed by atoms with Crippen LogP contribution in [0.25, 0.3) is 10.8 Å². The van der Waals surface area contributed by atoms with Gasteiger partial charge in [0.25, 0.3) is 0 Å². The van der Waals surface area contributed by atoms with E-state index in [1.807, 2.05) is 0 Å². The fourth-order valence-electron chi connectivity index (χ4n) is 1.68. The summed E-state index contributed by atoms with van der Waals surface area (Å²) in [7, 11) is 2.05. The molecule has 2 unspecified atom stereocenters. The van der Waals surface area contributed by atoms with Gasteiger partial charge in [-0.1, -0.05) is 52.9 Å². The highest BCUT2D eigenvalue weighted by Crippen LogP contribution is 2.43. The Morgan fingerprint density at radius 1 is 0.750 bits per heavy atom. The zero-order valence-electron chi connectivity index (χ0n) is 6.46. The van der Waals surface area contributed by atoms with Crippen LogP contribution in [0.4, 0.5) is 0 Å². The molecule has 0 nitrogen and oxygen atoms in total. The molecule has 0 spiro atoms. The molecule has 0 aromatic heterocycles. The molecule has 2 aromatic carbocycles. The van der Waals surface area contributed by atoms with Gasteiger partial charge in [-0.25, -0.2) is 0 Å². The second kappa shape index (κ2) is 2.52. The van der Waals surface area contributed by atoms with Gasteiger partial charge in [-0.2, -0.15) is 0 Å². The molecule has 0 saturated heterocycles. The van der Waals surface area contributed by atoms with Crippen LogP contribution in [0.15, 0.2) is 36.4 Å². The molecule has 2 aromatic rings. The van der Waals surface area contributed by atoms with Crippen LogP contribution in [0.1, 0.15) is 0 Å². The quantitative estimate of drug-likeness (QED) is 0.559. The Balaban J connectivity index is 2.58. The van der Waals surface area contributed by atoms with Crippen molar-refractivity contribution in [2.75, 3.05) is 0 Å². The summed E-state index contributed by atoms with van der Waals surface area (Å²) in [5.74, 6) is 0. The van der Waals surface area contributed by atoms with Crippen molar-refractivity contribution in [2.45, 2.75) is 0 Å². The molecule has 58 valence electrons. The molecule has 0 bridgehead atoms. The van der Waals surface area contributed by atoms with Crippen molar-refractivity contribution in [3.63, 3.8) is 0 Å². The Labute approximate surface area is 74.8 Å². The average Bonchev–Trinajstić information content (AvgIpc) is 2.52. The molecule has 2 atom stereocenters. The van der Waals surface area contributed by atoms with E-state index in [0.29, 0.717) is 0 Å². The van der Waals surface area contributed by atoms with Crippen LogP contribution >= 0.6 is 16.5 Å². The van der Waals surface area contributed by atoms with E-state index < -0.39 is 0 Å². The summed E-state index contributed by atoms with van der Waals surface area (Å²) in [4.78, 5) is 0. The van der Waals surface area contributed by atoms with Crippen molar-refractivity contribution >= 4 is 37.9 Å². The highest BCUT2D eigenvalue weighted by Gasteiger charge is 2.11. The zero-order valence-corrected chi connectivity index (χ0v) is 8.46. The molecular weight excluding hydrogens is 182 g/mol. The van der Waals surface area contributed by atoms with Crippen molar-refractivity contribution in [3.8, 4) is 0 Å². The maximum atomic E-state index is 2.27. The number of hydrogen-bond donors (Lipinski definition) is 0. The van der Waals surface area contributed by atoms with Crippen LogP contribution < -0.4 is 10.6 Å². The first-order valence-corrected chi connectivity index (χ1v) is 6.99. The van der Waals surface area contributed by atoms with E-state index in [-0.39, 0.29) is 0 Å². The molecule has 2 heteroatoms. The first-order valence-electron chi connectivity index (χ1n) is 3.99. The van der Waals surface area contributed by atoms with E-state index in [1.165, 1.54) is 10.8 Å². The molecule has 0 fully saturated rings. The van der Waals surface area contributed by atoms with Gasteiger partial charge in [-0.05, 0) is 21.4 Å². The third-order valence-corrected chi connectivity index (χ3v) is 5.72. The largest absolute Gasteiger partial charge is 0.0626 e. The molecule has 12 heavy (non-hydrogen) atoms. The summed E-state index contributed by atoms with van der Waals surface area (Å²) in [6, 6.07) is 13.3. The van der Waals surface area contributed by atoms with Crippen LogP contribution in [0.5, 0.6) is 0 Å². The molecule has 1 aliphatic heterocycles. The fraction of sp³-hybridized carbons (Fsp3) is 0. The van der Waals surface area contributed by atoms with E-state index >= 15 is 0 Å². The monoisotopic (exact) mass is 190 g/mol. The molecule has 0 saturated carbocycles. The minimum Gasteiger partial charge on any atom is -0.0626 e. The Hall–Kier alpha value is -0.440. The van der Waals surface area contributed by atoms with Crippen molar-refractivity contribution in [3.05, 3.63) is 36.4 Å². The fourth-order valence-corrected chi connectivity index (χ4v) is 5.30. The summed E-state index contributed by atoms with van der Waals surface area (Å²) in [6.07, 6.45) is 0. The second-order valence-corrected chi connectivity index (χ2v) is 6.04. The third kappa shape index (κ3) is 0.859. The smallest absolute Gasteiger partial charge is 0.00282 e. The van der Waals surface area contributed by atoms with Crippen LogP contribution in [0.2, 0.25) is 0 Å². The van der Waals surface area contributed by atoms with Gasteiger partial charge in [0.15, 0.2) is 0 Å². The van der Waals surface area contributed by atoms with E-state index in [1.54, 1.807) is 10.6 Å². The summed E-state index contributed by atoms with van der Waals surface area (Å²) in [6.45, 7) is 0. The van der Waals surface area contributed by atoms with Crippen molar-refractivity contribution in [1.29, 1.82) is 0 Å². The van der Waals surface area contributed by atoms with Crippen LogP contribution in [0, 0.1) is 0 Å². The number of rotatable bonds is 0. The van der Waals surface area contributed by atoms with E-state index in [4.69, 9.17) is 0 Å². The van der Waals surface area contributed by atoms with Gasteiger partial charge in [0.2, 0.25) is 0 Å². The van der Waals surface area contributed by atoms with Crippen LogP contribution in [-0.2, 0) is 0 Å². The molecular formula is C10H8P2. The van der Waals surface area contributed by atoms with E-state index in [9.17, 15) is 0 Å². The summed E-state index contributed by atoms with van der Waals surface area (Å²) in [5, 5.41) is 6.10. The average molecular weight is 190 g/mol. The molecule has 3 rings (SSSR count). The molecule has 0 aliphatic carbocycles. The van der Waals surface area contributed by atoms with Crippen molar-refractivity contribution < 1.29 is 0 Å². The second-order valence-electron chi connectivity index (χ2n) is 2.96. The first-order chi connectivity index (χ1) is 5.95. The normalized spacial score (nSPS) is 18.0. The van der Waals surface area contributed by atoms with E-state index in [2.05, 4.69) is 36.4 Å². The van der Waals surface area contributed by atoms with Gasteiger partial charge in [0.05, 0.1) is 0 Å². The molecule has 1 aliphatic rings. The Morgan fingerprint density at radius 2 is 1.33 bits per heavy atom. The number of benzene rings is 2. The van der Waals surface area contributed by atoms with Gasteiger partial charge in [0, 0.05) is 0 Å². The van der Waals surface area contributed by atoms with Crippen LogP contribution in [-0.4, -0.2) is 0 Å². The minimum absolute atomic E-state index is 1.02. The lowest BCUT2D eigenvalue weighted by atomic mass is 10.1. The first kappa shape index (κ1) is 7.01. The van der Waals surface area contributed by atoms with Gasteiger partial charge in [-0.15, -0.1) is 0 Å². The standard InChI is InChI=1S/C10H8P2/c1-3-7-4-2-6-9-10(7)8(5-1)11-12-9/h1-6,11-12H. The molecule has 1 heterocycles. The Bertz CT molecular complexity index is 410. The maximum Gasteiger partial charge on any atom is -0.00282 e.